The van der Waals surface area contributed by atoms with Crippen molar-refractivity contribution in [2.24, 2.45) is 0 Å². The molecule has 0 bridgehead atoms. The van der Waals surface area contributed by atoms with Crippen LogP contribution in [-0.4, -0.2) is 41.2 Å². The van der Waals surface area contributed by atoms with Gasteiger partial charge in [-0.05, 0) is 42.0 Å². The summed E-state index contributed by atoms with van der Waals surface area (Å²) >= 11 is 0. The number of halogens is 1. The largest absolute Gasteiger partial charge is 0.493 e. The van der Waals surface area contributed by atoms with Crippen LogP contribution in [0.4, 0.5) is 4.39 Å². The predicted octanol–water partition coefficient (Wildman–Crippen LogP) is 5.07. The van der Waals surface area contributed by atoms with Crippen LogP contribution in [0.5, 0.6) is 11.5 Å². The van der Waals surface area contributed by atoms with Crippen molar-refractivity contribution in [2.75, 3.05) is 20.8 Å². The average molecular weight is 485 g/mol. The molecule has 2 heterocycles. The third-order valence-electron chi connectivity index (χ3n) is 6.25. The van der Waals surface area contributed by atoms with E-state index in [9.17, 15) is 9.18 Å². The lowest BCUT2D eigenvalue weighted by Crippen LogP contribution is -2.30. The van der Waals surface area contributed by atoms with Crippen LogP contribution in [0, 0.1) is 5.82 Å². The topological polar surface area (TPSA) is 81.2 Å². The number of rotatable bonds is 8. The van der Waals surface area contributed by atoms with E-state index < -0.39 is 0 Å². The molecule has 0 aliphatic rings. The Bertz CT molecular complexity index is 1510. The molecule has 0 spiro atoms. The maximum Gasteiger partial charge on any atom is 0.269 e. The van der Waals surface area contributed by atoms with Gasteiger partial charge < -0.3 is 19.8 Å². The van der Waals surface area contributed by atoms with E-state index in [0.29, 0.717) is 29.4 Å². The molecule has 0 aliphatic heterocycles. The molecule has 182 valence electrons. The van der Waals surface area contributed by atoms with E-state index in [1.165, 1.54) is 24.7 Å². The average Bonchev–Trinajstić information content (AvgIpc) is 3.57. The predicted molar refractivity (Wildman–Crippen MR) is 136 cm³/mol. The fourth-order valence-electron chi connectivity index (χ4n) is 4.51. The lowest BCUT2D eigenvalue weighted by Gasteiger charge is -2.22. The Morgan fingerprint density at radius 2 is 1.83 bits per heavy atom. The lowest BCUT2D eigenvalue weighted by molar-refractivity contribution is 0.0945. The summed E-state index contributed by atoms with van der Waals surface area (Å²) < 4.78 is 26.3. The van der Waals surface area contributed by atoms with Gasteiger partial charge >= 0.3 is 0 Å². The van der Waals surface area contributed by atoms with Crippen molar-refractivity contribution < 1.29 is 18.7 Å². The molecule has 36 heavy (non-hydrogen) atoms. The molecular weight excluding hydrogens is 459 g/mol. The number of fused-ring (bicyclic) bond motifs is 1. The number of amides is 1. The van der Waals surface area contributed by atoms with E-state index in [0.717, 1.165) is 22.0 Å². The van der Waals surface area contributed by atoms with Gasteiger partial charge in [-0.3, -0.25) is 9.36 Å². The first-order chi connectivity index (χ1) is 17.6. The zero-order valence-electron chi connectivity index (χ0n) is 19.9. The van der Waals surface area contributed by atoms with Gasteiger partial charge in [0.1, 0.15) is 11.5 Å². The first-order valence-corrected chi connectivity index (χ1v) is 11.4. The van der Waals surface area contributed by atoms with Gasteiger partial charge in [-0.1, -0.05) is 30.3 Å². The number of ether oxygens (including phenoxy) is 2. The molecule has 0 saturated heterocycles. The molecule has 5 aromatic rings. The van der Waals surface area contributed by atoms with Crippen LogP contribution in [0.1, 0.15) is 27.5 Å². The van der Waals surface area contributed by atoms with E-state index in [-0.39, 0.29) is 17.6 Å². The summed E-state index contributed by atoms with van der Waals surface area (Å²) in [5, 5.41) is 4.12. The molecule has 2 aromatic heterocycles. The molecule has 2 N–H and O–H groups in total. The Balaban J connectivity index is 1.50. The zero-order valence-corrected chi connectivity index (χ0v) is 19.9. The van der Waals surface area contributed by atoms with Crippen LogP contribution < -0.4 is 14.8 Å². The van der Waals surface area contributed by atoms with Crippen molar-refractivity contribution in [3.8, 4) is 17.2 Å². The summed E-state index contributed by atoms with van der Waals surface area (Å²) in [4.78, 5) is 20.8. The second-order valence-corrected chi connectivity index (χ2v) is 8.26. The van der Waals surface area contributed by atoms with Crippen LogP contribution in [-0.2, 0) is 0 Å². The van der Waals surface area contributed by atoms with E-state index in [2.05, 4.69) is 15.3 Å². The summed E-state index contributed by atoms with van der Waals surface area (Å²) in [5.74, 6) is 0.334. The van der Waals surface area contributed by atoms with Gasteiger partial charge in [-0.25, -0.2) is 9.37 Å². The van der Waals surface area contributed by atoms with Gasteiger partial charge in [0.2, 0.25) is 0 Å². The molecule has 0 saturated carbocycles. The molecule has 5 rings (SSSR count). The molecular formula is C28H25FN4O3. The van der Waals surface area contributed by atoms with Crippen LogP contribution in [0.25, 0.3) is 16.6 Å². The number of hydrogen-bond acceptors (Lipinski definition) is 4. The highest BCUT2D eigenvalue weighted by Crippen LogP contribution is 2.40. The monoisotopic (exact) mass is 484 g/mol. The molecule has 0 aliphatic carbocycles. The van der Waals surface area contributed by atoms with Crippen LogP contribution in [0.15, 0.2) is 85.5 Å². The minimum atomic E-state index is -0.348. The lowest BCUT2D eigenvalue weighted by atomic mass is 9.89. The molecule has 3 aromatic carbocycles. The number of nitrogens with one attached hydrogen (secondary N) is 2. The van der Waals surface area contributed by atoms with Gasteiger partial charge in [0.25, 0.3) is 5.91 Å². The maximum atomic E-state index is 13.4. The van der Waals surface area contributed by atoms with Crippen molar-refractivity contribution in [1.82, 2.24) is 19.9 Å². The summed E-state index contributed by atoms with van der Waals surface area (Å²) in [7, 11) is 3.20. The molecule has 0 fully saturated rings. The smallest absolute Gasteiger partial charge is 0.269 e. The Hall–Kier alpha value is -4.59. The summed E-state index contributed by atoms with van der Waals surface area (Å²) in [6.45, 7) is 0.290. The highest BCUT2D eigenvalue weighted by Gasteiger charge is 2.25. The van der Waals surface area contributed by atoms with Crippen LogP contribution >= 0.6 is 0 Å². The number of benzene rings is 3. The number of methoxy groups -OCH3 is 2. The summed E-state index contributed by atoms with van der Waals surface area (Å²) in [6.07, 6.45) is 4.99. The minimum absolute atomic E-state index is 0.239. The fourth-order valence-corrected chi connectivity index (χ4v) is 4.51. The van der Waals surface area contributed by atoms with Gasteiger partial charge in [-0.2, -0.15) is 0 Å². The first-order valence-electron chi connectivity index (χ1n) is 11.4. The second-order valence-electron chi connectivity index (χ2n) is 8.26. The number of hydrogen-bond donors (Lipinski definition) is 2. The van der Waals surface area contributed by atoms with Crippen molar-refractivity contribution in [2.45, 2.75) is 5.92 Å². The summed E-state index contributed by atoms with van der Waals surface area (Å²) in [6, 6.07) is 19.6. The molecule has 0 radical (unpaired) electrons. The number of carbonyl (C=O) groups excluding carboxylic acids is 1. The molecule has 8 heteroatoms. The van der Waals surface area contributed by atoms with Gasteiger partial charge in [0.05, 0.1) is 26.7 Å². The fraction of sp³-hybridized carbons (Fsp3) is 0.143. The summed E-state index contributed by atoms with van der Waals surface area (Å²) in [5.41, 5.74) is 3.89. The van der Waals surface area contributed by atoms with Crippen molar-refractivity contribution in [1.29, 1.82) is 0 Å². The molecule has 1 unspecified atom stereocenters. The van der Waals surface area contributed by atoms with Gasteiger partial charge in [0.15, 0.2) is 11.5 Å². The van der Waals surface area contributed by atoms with Crippen molar-refractivity contribution >= 4 is 16.8 Å². The third-order valence-corrected chi connectivity index (χ3v) is 6.25. The number of aromatic nitrogens is 3. The van der Waals surface area contributed by atoms with E-state index in [4.69, 9.17) is 9.47 Å². The van der Waals surface area contributed by atoms with E-state index >= 15 is 0 Å². The van der Waals surface area contributed by atoms with Crippen LogP contribution in [0.3, 0.4) is 0 Å². The molecule has 1 atom stereocenters. The Morgan fingerprint density at radius 1 is 1.03 bits per heavy atom. The number of H-pyrrole nitrogens is 1. The van der Waals surface area contributed by atoms with Crippen LogP contribution in [0.2, 0.25) is 0 Å². The maximum absolute atomic E-state index is 13.4. The molecule has 7 nitrogen and oxygen atoms in total. The quantitative estimate of drug-likeness (QED) is 0.322. The Kier molecular flexibility index (Phi) is 6.40. The molecule has 1 amide bonds. The normalized spacial score (nSPS) is 11.9. The standard InChI is InChI=1S/C28H25FN4O3/c1-35-26-9-5-7-21(27(26)36-2)23(22-14-31-24-8-4-3-6-20(22)24)15-32-28(34)25-16-30-17-33(25)19-12-10-18(29)11-13-19/h3-14,16-17,23,31H,15H2,1-2H3,(H,32,34). The van der Waals surface area contributed by atoms with E-state index in [1.54, 1.807) is 30.9 Å². The number of para-hydroxylation sites is 2. The highest BCUT2D eigenvalue weighted by atomic mass is 19.1. The SMILES string of the molecule is COc1cccc(C(CNC(=O)c2cncn2-c2ccc(F)cc2)c2c[nH]c3ccccc23)c1OC. The number of carbonyl (C=O) groups is 1. The zero-order chi connectivity index (χ0) is 25.1. The Labute approximate surface area is 207 Å². The van der Waals surface area contributed by atoms with Gasteiger partial charge in [0, 0.05) is 40.8 Å². The third kappa shape index (κ3) is 4.29. The van der Waals surface area contributed by atoms with Crippen molar-refractivity contribution in [3.05, 3.63) is 108 Å². The van der Waals surface area contributed by atoms with Gasteiger partial charge in [-0.15, -0.1) is 0 Å². The number of imidazole rings is 1. The highest BCUT2D eigenvalue weighted by molar-refractivity contribution is 5.93. The first kappa shape index (κ1) is 23.2. The minimum Gasteiger partial charge on any atom is -0.493 e. The van der Waals surface area contributed by atoms with Crippen molar-refractivity contribution in [3.63, 3.8) is 0 Å². The van der Waals surface area contributed by atoms with E-state index in [1.807, 2.05) is 48.7 Å². The number of nitrogens with zero attached hydrogens (tertiary/aromatic N) is 2. The Morgan fingerprint density at radius 3 is 2.61 bits per heavy atom. The second kappa shape index (κ2) is 9.95. The number of aromatic amines is 1.